The van der Waals surface area contributed by atoms with Crippen molar-refractivity contribution in [3.8, 4) is 0 Å². The summed E-state index contributed by atoms with van der Waals surface area (Å²) in [7, 11) is 0. The number of halogens is 1. The number of hydrogen-bond donors (Lipinski definition) is 0. The van der Waals surface area contributed by atoms with E-state index in [1.807, 2.05) is 24.6 Å². The van der Waals surface area contributed by atoms with Crippen LogP contribution in [0.15, 0.2) is 30.0 Å². The van der Waals surface area contributed by atoms with Crippen molar-refractivity contribution >= 4 is 34.0 Å². The van der Waals surface area contributed by atoms with E-state index in [9.17, 15) is 0 Å². The highest BCUT2D eigenvalue weighted by molar-refractivity contribution is 7.09. The van der Waals surface area contributed by atoms with Gasteiger partial charge in [0.1, 0.15) is 11.3 Å². The molecule has 6 heteroatoms. The molecule has 0 aliphatic rings. The summed E-state index contributed by atoms with van der Waals surface area (Å²) < 4.78 is 2.18. The Labute approximate surface area is 126 Å². The lowest BCUT2D eigenvalue weighted by molar-refractivity contribution is 0.583. The van der Waals surface area contributed by atoms with E-state index in [1.54, 1.807) is 23.7 Å². The average Bonchev–Trinajstić information content (AvgIpc) is 3.06. The van der Waals surface area contributed by atoms with Crippen molar-refractivity contribution in [2.24, 2.45) is 0 Å². The molecule has 20 heavy (non-hydrogen) atoms. The highest BCUT2D eigenvalue weighted by atomic mass is 35.5. The van der Waals surface area contributed by atoms with Gasteiger partial charge in [-0.2, -0.15) is 0 Å². The number of fused-ring (bicyclic) bond motifs is 1. The predicted octanol–water partition coefficient (Wildman–Crippen LogP) is 3.99. The van der Waals surface area contributed by atoms with Crippen molar-refractivity contribution in [2.75, 3.05) is 0 Å². The summed E-state index contributed by atoms with van der Waals surface area (Å²) in [5.74, 6) is 1.22. The predicted molar refractivity (Wildman–Crippen MR) is 82.3 cm³/mol. The molecule has 3 aromatic heterocycles. The third-order valence-corrected chi connectivity index (χ3v) is 4.47. The summed E-state index contributed by atoms with van der Waals surface area (Å²) in [5, 5.41) is 3.01. The van der Waals surface area contributed by atoms with E-state index in [0.717, 1.165) is 28.4 Å². The number of aromatic nitrogens is 4. The monoisotopic (exact) mass is 306 g/mol. The number of hydrogen-bond acceptors (Lipinski definition) is 4. The zero-order valence-corrected chi connectivity index (χ0v) is 12.9. The molecule has 0 aliphatic carbocycles. The maximum Gasteiger partial charge on any atom is 0.127 e. The van der Waals surface area contributed by atoms with Gasteiger partial charge < -0.3 is 4.57 Å². The summed E-state index contributed by atoms with van der Waals surface area (Å²) in [6.45, 7) is 4.94. The van der Waals surface area contributed by atoms with Crippen LogP contribution in [0.2, 0.25) is 0 Å². The van der Waals surface area contributed by atoms with Crippen molar-refractivity contribution in [1.29, 1.82) is 0 Å². The second-order valence-corrected chi connectivity index (χ2v) is 6.41. The maximum absolute atomic E-state index is 6.27. The van der Waals surface area contributed by atoms with E-state index < -0.39 is 0 Å². The van der Waals surface area contributed by atoms with Gasteiger partial charge in [0.15, 0.2) is 0 Å². The Morgan fingerprint density at radius 3 is 2.90 bits per heavy atom. The first kappa shape index (κ1) is 13.5. The number of nitrogens with zero attached hydrogens (tertiary/aromatic N) is 4. The van der Waals surface area contributed by atoms with Crippen LogP contribution in [-0.2, 0) is 6.54 Å². The molecule has 0 aliphatic heterocycles. The summed E-state index contributed by atoms with van der Waals surface area (Å²) in [6.07, 6.45) is 5.41. The van der Waals surface area contributed by atoms with Crippen LogP contribution in [0.3, 0.4) is 0 Å². The lowest BCUT2D eigenvalue weighted by Gasteiger charge is -2.14. The van der Waals surface area contributed by atoms with E-state index in [4.69, 9.17) is 11.6 Å². The maximum atomic E-state index is 6.27. The first-order valence-electron chi connectivity index (χ1n) is 6.50. The van der Waals surface area contributed by atoms with Gasteiger partial charge in [-0.15, -0.1) is 22.9 Å². The van der Waals surface area contributed by atoms with Crippen LogP contribution in [0.5, 0.6) is 0 Å². The van der Waals surface area contributed by atoms with Gasteiger partial charge in [0.2, 0.25) is 0 Å². The minimum Gasteiger partial charge on any atom is -0.326 e. The van der Waals surface area contributed by atoms with Gasteiger partial charge in [-0.3, -0.25) is 4.98 Å². The Morgan fingerprint density at radius 2 is 2.20 bits per heavy atom. The van der Waals surface area contributed by atoms with Crippen LogP contribution < -0.4 is 0 Å². The van der Waals surface area contributed by atoms with Crippen LogP contribution in [0, 0.1) is 0 Å². The molecule has 0 amide bonds. The van der Waals surface area contributed by atoms with Gasteiger partial charge in [0.05, 0.1) is 22.1 Å². The fraction of sp³-hybridized carbons (Fsp3) is 0.357. The lowest BCUT2D eigenvalue weighted by atomic mass is 10.2. The number of pyridine rings is 1. The van der Waals surface area contributed by atoms with E-state index >= 15 is 0 Å². The number of rotatable bonds is 4. The second-order valence-electron chi connectivity index (χ2n) is 4.83. The first-order chi connectivity index (χ1) is 9.66. The number of alkyl halides is 1. The van der Waals surface area contributed by atoms with E-state index in [1.165, 1.54) is 0 Å². The standard InChI is InChI=1S/C14H15ClN4S/c1-9(14-17-5-6-20-14)8-19-12-3-4-16-7-11(12)18-13(19)10(2)15/h3-7,9-10H,8H2,1-2H3. The van der Waals surface area contributed by atoms with Gasteiger partial charge >= 0.3 is 0 Å². The number of thiazole rings is 1. The highest BCUT2D eigenvalue weighted by Gasteiger charge is 2.18. The van der Waals surface area contributed by atoms with Gasteiger partial charge in [-0.25, -0.2) is 9.97 Å². The molecule has 0 fully saturated rings. The fourth-order valence-corrected chi connectivity index (χ4v) is 3.18. The molecule has 3 heterocycles. The Hall–Kier alpha value is -1.46. The third-order valence-electron chi connectivity index (χ3n) is 3.27. The molecular weight excluding hydrogens is 292 g/mol. The molecule has 3 aromatic rings. The Kier molecular flexibility index (Phi) is 3.72. The Balaban J connectivity index is 2.03. The topological polar surface area (TPSA) is 43.6 Å². The van der Waals surface area contributed by atoms with Gasteiger partial charge in [0.25, 0.3) is 0 Å². The SMILES string of the molecule is CC(Cl)c1nc2cnccc2n1CC(C)c1nccs1. The van der Waals surface area contributed by atoms with Crippen LogP contribution in [-0.4, -0.2) is 19.5 Å². The molecule has 2 atom stereocenters. The molecule has 0 radical (unpaired) electrons. The zero-order valence-electron chi connectivity index (χ0n) is 11.3. The Morgan fingerprint density at radius 1 is 1.35 bits per heavy atom. The smallest absolute Gasteiger partial charge is 0.127 e. The molecule has 4 nitrogen and oxygen atoms in total. The van der Waals surface area contributed by atoms with Crippen molar-refractivity contribution in [3.63, 3.8) is 0 Å². The van der Waals surface area contributed by atoms with Gasteiger partial charge in [-0.1, -0.05) is 6.92 Å². The molecule has 0 saturated carbocycles. The molecule has 0 aromatic carbocycles. The Bertz CT molecular complexity index is 705. The van der Waals surface area contributed by atoms with Crippen molar-refractivity contribution in [3.05, 3.63) is 40.9 Å². The summed E-state index contributed by atoms with van der Waals surface area (Å²) in [6, 6.07) is 1.99. The molecule has 0 bridgehead atoms. The van der Waals surface area contributed by atoms with Gasteiger partial charge in [0, 0.05) is 30.2 Å². The largest absolute Gasteiger partial charge is 0.326 e. The van der Waals surface area contributed by atoms with Crippen LogP contribution in [0.25, 0.3) is 11.0 Å². The molecular formula is C14H15ClN4S. The molecule has 0 spiro atoms. The van der Waals surface area contributed by atoms with Crippen molar-refractivity contribution in [1.82, 2.24) is 19.5 Å². The van der Waals surface area contributed by atoms with E-state index in [2.05, 4.69) is 26.4 Å². The summed E-state index contributed by atoms with van der Waals surface area (Å²) >= 11 is 7.95. The van der Waals surface area contributed by atoms with Crippen molar-refractivity contribution < 1.29 is 0 Å². The fourth-order valence-electron chi connectivity index (χ4n) is 2.33. The van der Waals surface area contributed by atoms with Crippen LogP contribution >= 0.6 is 22.9 Å². The second kappa shape index (κ2) is 5.50. The molecule has 3 rings (SSSR count). The van der Waals surface area contributed by atoms with Crippen LogP contribution in [0.1, 0.15) is 36.0 Å². The minimum absolute atomic E-state index is 0.133. The molecule has 104 valence electrons. The summed E-state index contributed by atoms with van der Waals surface area (Å²) in [5.41, 5.74) is 1.97. The number of imidazole rings is 1. The molecule has 0 saturated heterocycles. The highest BCUT2D eigenvalue weighted by Crippen LogP contribution is 2.27. The first-order valence-corrected chi connectivity index (χ1v) is 7.82. The van der Waals surface area contributed by atoms with Gasteiger partial charge in [-0.05, 0) is 13.0 Å². The molecule has 2 unspecified atom stereocenters. The minimum atomic E-state index is -0.133. The third kappa shape index (κ3) is 2.43. The lowest BCUT2D eigenvalue weighted by Crippen LogP contribution is -2.10. The zero-order chi connectivity index (χ0) is 14.1. The molecule has 0 N–H and O–H groups in total. The van der Waals surface area contributed by atoms with E-state index in [0.29, 0.717) is 5.92 Å². The summed E-state index contributed by atoms with van der Waals surface area (Å²) in [4.78, 5) is 13.1. The average molecular weight is 307 g/mol. The van der Waals surface area contributed by atoms with E-state index in [-0.39, 0.29) is 5.38 Å². The quantitative estimate of drug-likeness (QED) is 0.684. The van der Waals surface area contributed by atoms with Crippen LogP contribution in [0.4, 0.5) is 0 Å². The van der Waals surface area contributed by atoms with Crippen molar-refractivity contribution in [2.45, 2.75) is 31.7 Å². The normalized spacial score (nSPS) is 14.6.